The third kappa shape index (κ3) is 3.52. The maximum absolute atomic E-state index is 13.1. The Kier molecular flexibility index (Phi) is 4.24. The van der Waals surface area contributed by atoms with Crippen LogP contribution in [0.4, 0.5) is 8.78 Å². The number of rotatable bonds is 4. The number of thiazole rings is 1. The van der Waals surface area contributed by atoms with Crippen LogP contribution in [-0.4, -0.2) is 16.8 Å². The van der Waals surface area contributed by atoms with Crippen LogP contribution >= 0.6 is 11.3 Å². The van der Waals surface area contributed by atoms with E-state index in [1.807, 2.05) is 11.4 Å². The molecule has 2 heterocycles. The van der Waals surface area contributed by atoms with E-state index < -0.39 is 5.92 Å². The van der Waals surface area contributed by atoms with Crippen molar-refractivity contribution >= 4 is 17.2 Å². The number of hydrogen-bond donors (Lipinski definition) is 1. The highest BCUT2D eigenvalue weighted by Gasteiger charge is 2.37. The summed E-state index contributed by atoms with van der Waals surface area (Å²) >= 11 is 1.44. The van der Waals surface area contributed by atoms with Crippen LogP contribution in [0.3, 0.4) is 0 Å². The SMILES string of the molecule is O=C(NCc1csc(-c2ccco2)n1)C1CCC(F)(F)CC1. The largest absolute Gasteiger partial charge is 0.462 e. The minimum atomic E-state index is -2.61. The zero-order chi connectivity index (χ0) is 15.6. The number of hydrogen-bond acceptors (Lipinski definition) is 4. The second-order valence-corrected chi connectivity index (χ2v) is 6.33. The quantitative estimate of drug-likeness (QED) is 0.928. The van der Waals surface area contributed by atoms with Crippen LogP contribution in [0, 0.1) is 5.92 Å². The zero-order valence-corrected chi connectivity index (χ0v) is 12.7. The number of alkyl halides is 2. The fourth-order valence-electron chi connectivity index (χ4n) is 2.53. The van der Waals surface area contributed by atoms with Crippen molar-refractivity contribution in [2.75, 3.05) is 0 Å². The Morgan fingerprint density at radius 3 is 2.91 bits per heavy atom. The zero-order valence-electron chi connectivity index (χ0n) is 11.9. The van der Waals surface area contributed by atoms with Gasteiger partial charge in [0.25, 0.3) is 0 Å². The lowest BCUT2D eigenvalue weighted by Gasteiger charge is -2.27. The lowest BCUT2D eigenvalue weighted by atomic mass is 9.86. The van der Waals surface area contributed by atoms with Crippen LogP contribution < -0.4 is 5.32 Å². The Morgan fingerprint density at radius 2 is 2.23 bits per heavy atom. The number of aromatic nitrogens is 1. The van der Waals surface area contributed by atoms with Crippen LogP contribution in [0.15, 0.2) is 28.2 Å². The Morgan fingerprint density at radius 1 is 1.45 bits per heavy atom. The second kappa shape index (κ2) is 6.16. The van der Waals surface area contributed by atoms with Crippen molar-refractivity contribution in [3.8, 4) is 10.8 Å². The van der Waals surface area contributed by atoms with E-state index in [4.69, 9.17) is 4.42 Å². The molecule has 0 radical (unpaired) electrons. The van der Waals surface area contributed by atoms with Crippen molar-refractivity contribution < 1.29 is 18.0 Å². The summed E-state index contributed by atoms with van der Waals surface area (Å²) in [5, 5.41) is 5.39. The molecular weight excluding hydrogens is 310 g/mol. The Bertz CT molecular complexity index is 630. The fraction of sp³-hybridized carbons (Fsp3) is 0.467. The molecule has 0 saturated heterocycles. The molecule has 0 spiro atoms. The number of carbonyl (C=O) groups is 1. The standard InChI is InChI=1S/C15H16F2N2O2S/c16-15(17)5-3-10(4-6-15)13(20)18-8-11-9-22-14(19-11)12-2-1-7-21-12/h1-2,7,9-10H,3-6,8H2,(H,18,20). The molecule has 2 aromatic heterocycles. The maximum atomic E-state index is 13.1. The number of nitrogens with zero attached hydrogens (tertiary/aromatic N) is 1. The molecule has 1 amide bonds. The van der Waals surface area contributed by atoms with Crippen molar-refractivity contribution in [2.45, 2.75) is 38.2 Å². The van der Waals surface area contributed by atoms with Gasteiger partial charge in [0, 0.05) is 24.1 Å². The van der Waals surface area contributed by atoms with Crippen molar-refractivity contribution in [3.05, 3.63) is 29.5 Å². The molecular formula is C15H16F2N2O2S. The van der Waals surface area contributed by atoms with E-state index in [0.29, 0.717) is 12.3 Å². The Balaban J connectivity index is 1.51. The summed E-state index contributed by atoms with van der Waals surface area (Å²) < 4.78 is 31.4. The van der Waals surface area contributed by atoms with E-state index in [1.165, 1.54) is 11.3 Å². The molecule has 22 heavy (non-hydrogen) atoms. The van der Waals surface area contributed by atoms with Crippen molar-refractivity contribution in [2.24, 2.45) is 5.92 Å². The van der Waals surface area contributed by atoms with E-state index in [9.17, 15) is 13.6 Å². The van der Waals surface area contributed by atoms with E-state index in [0.717, 1.165) is 10.7 Å². The number of carbonyl (C=O) groups excluding carboxylic acids is 1. The van der Waals surface area contributed by atoms with Gasteiger partial charge < -0.3 is 9.73 Å². The van der Waals surface area contributed by atoms with Gasteiger partial charge in [0.15, 0.2) is 10.8 Å². The van der Waals surface area contributed by atoms with Crippen LogP contribution in [0.2, 0.25) is 0 Å². The second-order valence-electron chi connectivity index (χ2n) is 5.47. The maximum Gasteiger partial charge on any atom is 0.248 e. The topological polar surface area (TPSA) is 55.1 Å². The van der Waals surface area contributed by atoms with Gasteiger partial charge in [0.2, 0.25) is 11.8 Å². The van der Waals surface area contributed by atoms with Crippen LogP contribution in [0.1, 0.15) is 31.4 Å². The number of amides is 1. The van der Waals surface area contributed by atoms with Crippen molar-refractivity contribution in [3.63, 3.8) is 0 Å². The first-order chi connectivity index (χ1) is 10.5. The number of furan rings is 1. The summed E-state index contributed by atoms with van der Waals surface area (Å²) in [6.45, 7) is 0.308. The third-order valence-corrected chi connectivity index (χ3v) is 4.72. The molecule has 118 valence electrons. The van der Waals surface area contributed by atoms with Crippen LogP contribution in [0.5, 0.6) is 0 Å². The van der Waals surface area contributed by atoms with Gasteiger partial charge in [-0.3, -0.25) is 4.79 Å². The predicted octanol–water partition coefficient (Wildman–Crippen LogP) is 3.84. The van der Waals surface area contributed by atoms with Crippen LogP contribution in [-0.2, 0) is 11.3 Å². The first-order valence-electron chi connectivity index (χ1n) is 7.17. The summed E-state index contributed by atoms with van der Waals surface area (Å²) in [7, 11) is 0. The van der Waals surface area contributed by atoms with Gasteiger partial charge >= 0.3 is 0 Å². The highest BCUT2D eigenvalue weighted by atomic mass is 32.1. The molecule has 0 aromatic carbocycles. The smallest absolute Gasteiger partial charge is 0.248 e. The molecule has 1 aliphatic carbocycles. The average molecular weight is 326 g/mol. The monoisotopic (exact) mass is 326 g/mol. The number of nitrogens with one attached hydrogen (secondary N) is 1. The van der Waals surface area contributed by atoms with E-state index in [1.54, 1.807) is 12.3 Å². The first kappa shape index (κ1) is 15.1. The molecule has 1 fully saturated rings. The van der Waals surface area contributed by atoms with Gasteiger partial charge in [-0.15, -0.1) is 11.3 Å². The first-order valence-corrected chi connectivity index (χ1v) is 8.05. The molecule has 1 N–H and O–H groups in total. The molecule has 0 atom stereocenters. The molecule has 4 nitrogen and oxygen atoms in total. The molecule has 2 aromatic rings. The van der Waals surface area contributed by atoms with Crippen molar-refractivity contribution in [1.29, 1.82) is 0 Å². The van der Waals surface area contributed by atoms with Gasteiger partial charge in [-0.2, -0.15) is 0 Å². The summed E-state index contributed by atoms with van der Waals surface area (Å²) in [4.78, 5) is 16.4. The average Bonchev–Trinajstić information content (AvgIpc) is 3.15. The predicted molar refractivity (Wildman–Crippen MR) is 78.6 cm³/mol. The molecule has 1 saturated carbocycles. The lowest BCUT2D eigenvalue weighted by molar-refractivity contribution is -0.129. The van der Waals surface area contributed by atoms with Gasteiger partial charge in [-0.05, 0) is 25.0 Å². The lowest BCUT2D eigenvalue weighted by Crippen LogP contribution is -2.35. The highest BCUT2D eigenvalue weighted by molar-refractivity contribution is 7.13. The fourth-order valence-corrected chi connectivity index (χ4v) is 3.31. The van der Waals surface area contributed by atoms with E-state index in [-0.39, 0.29) is 37.5 Å². The van der Waals surface area contributed by atoms with Gasteiger partial charge in [0.05, 0.1) is 18.5 Å². The third-order valence-electron chi connectivity index (χ3n) is 3.82. The van der Waals surface area contributed by atoms with Gasteiger partial charge in [0.1, 0.15) is 0 Å². The molecule has 1 aliphatic rings. The Hall–Kier alpha value is -1.76. The van der Waals surface area contributed by atoms with E-state index in [2.05, 4.69) is 10.3 Å². The van der Waals surface area contributed by atoms with Crippen LogP contribution in [0.25, 0.3) is 10.8 Å². The molecule has 0 unspecified atom stereocenters. The molecule has 3 rings (SSSR count). The summed E-state index contributed by atoms with van der Waals surface area (Å²) in [6.07, 6.45) is 1.66. The minimum Gasteiger partial charge on any atom is -0.462 e. The summed E-state index contributed by atoms with van der Waals surface area (Å²) in [6, 6.07) is 3.61. The summed E-state index contributed by atoms with van der Waals surface area (Å²) in [5.41, 5.74) is 0.742. The van der Waals surface area contributed by atoms with E-state index >= 15 is 0 Å². The summed E-state index contributed by atoms with van der Waals surface area (Å²) in [5.74, 6) is -2.40. The Labute approximate surface area is 130 Å². The van der Waals surface area contributed by atoms with Crippen molar-refractivity contribution in [1.82, 2.24) is 10.3 Å². The minimum absolute atomic E-state index is 0.164. The molecule has 0 aliphatic heterocycles. The van der Waals surface area contributed by atoms with Gasteiger partial charge in [-0.25, -0.2) is 13.8 Å². The normalized spacial score (nSPS) is 18.3. The number of halogens is 2. The molecule has 7 heteroatoms. The highest BCUT2D eigenvalue weighted by Crippen LogP contribution is 2.36. The molecule has 0 bridgehead atoms. The van der Waals surface area contributed by atoms with Gasteiger partial charge in [-0.1, -0.05) is 0 Å².